The number of nitrogens with zero attached hydrogens (tertiary/aromatic N) is 2. The van der Waals surface area contributed by atoms with E-state index in [0.29, 0.717) is 22.0 Å². The fourth-order valence-corrected chi connectivity index (χ4v) is 2.89. The maximum atomic E-state index is 12.0. The van der Waals surface area contributed by atoms with Gasteiger partial charge in [-0.05, 0) is 62.5 Å². The van der Waals surface area contributed by atoms with Crippen molar-refractivity contribution in [3.63, 3.8) is 0 Å². The number of carbonyl (C=O) groups is 2. The van der Waals surface area contributed by atoms with E-state index in [0.717, 1.165) is 9.90 Å². The van der Waals surface area contributed by atoms with Crippen molar-refractivity contribution < 1.29 is 13.8 Å². The summed E-state index contributed by atoms with van der Waals surface area (Å²) in [6.45, 7) is 5.61. The first-order valence-electron chi connectivity index (χ1n) is 9.14. The van der Waals surface area contributed by atoms with Crippen molar-refractivity contribution in [1.29, 1.82) is 0 Å². The van der Waals surface area contributed by atoms with Crippen LogP contribution in [0.1, 0.15) is 31.1 Å². The molecule has 0 radical (unpaired) electrons. The van der Waals surface area contributed by atoms with Crippen molar-refractivity contribution in [3.05, 3.63) is 59.1 Å². The third-order valence-corrected chi connectivity index (χ3v) is 5.07. The van der Waals surface area contributed by atoms with Gasteiger partial charge in [-0.2, -0.15) is 10.1 Å². The van der Waals surface area contributed by atoms with Gasteiger partial charge in [0.1, 0.15) is 17.0 Å². The highest BCUT2D eigenvalue weighted by atomic mass is 35.5. The summed E-state index contributed by atoms with van der Waals surface area (Å²) in [5.74, 6) is -1.01. The number of imide groups is 1. The van der Waals surface area contributed by atoms with E-state index in [4.69, 9.17) is 23.1 Å². The van der Waals surface area contributed by atoms with Gasteiger partial charge in [-0.1, -0.05) is 25.4 Å². The van der Waals surface area contributed by atoms with Crippen molar-refractivity contribution in [2.24, 2.45) is 10.8 Å². The maximum absolute atomic E-state index is 12.0. The highest BCUT2D eigenvalue weighted by molar-refractivity contribution is 7.83. The summed E-state index contributed by atoms with van der Waals surface area (Å²) in [6.07, 6.45) is 0. The molecule has 2 amide bonds. The van der Waals surface area contributed by atoms with E-state index in [1.807, 2.05) is 13.8 Å². The number of amides is 2. The van der Waals surface area contributed by atoms with Crippen LogP contribution in [0.25, 0.3) is 0 Å². The van der Waals surface area contributed by atoms with Gasteiger partial charge < -0.3 is 11.5 Å². The Kier molecular flexibility index (Phi) is 10.3. The zero-order valence-electron chi connectivity index (χ0n) is 17.3. The third kappa shape index (κ3) is 6.74. The van der Waals surface area contributed by atoms with Crippen molar-refractivity contribution in [2.45, 2.75) is 31.7 Å². The Bertz CT molecular complexity index is 917. The molecule has 0 aliphatic carbocycles. The standard InChI is InChI=1S/C11H10ClN3O2.C7H10N2OS.C2H6/c1-6-9(13)11(17)15(14-6)10(16)7-2-4-8(12)5-3-7;1-9-11(10)7-4-2-6(8)3-5-7;1-2/h2-5,9H,13H2,1H3;2-5,9H,8H2,1H3;1-2H3. The Morgan fingerprint density at radius 3 is 2.10 bits per heavy atom. The normalized spacial score (nSPS) is 15.9. The number of rotatable bonds is 3. The number of anilines is 1. The van der Waals surface area contributed by atoms with Gasteiger partial charge in [0.2, 0.25) is 0 Å². The molecule has 2 atom stereocenters. The van der Waals surface area contributed by atoms with E-state index >= 15 is 0 Å². The largest absolute Gasteiger partial charge is 0.399 e. The number of nitrogen functional groups attached to an aromatic ring is 1. The van der Waals surface area contributed by atoms with Gasteiger partial charge in [-0.3, -0.25) is 9.59 Å². The predicted molar refractivity (Wildman–Crippen MR) is 121 cm³/mol. The molecular formula is C20H26ClN5O3S. The number of hydrazone groups is 1. The summed E-state index contributed by atoms with van der Waals surface area (Å²) < 4.78 is 13.7. The average molecular weight is 452 g/mol. The quantitative estimate of drug-likeness (QED) is 0.487. The zero-order valence-corrected chi connectivity index (χ0v) is 18.8. The maximum Gasteiger partial charge on any atom is 0.281 e. The molecule has 5 N–H and O–H groups in total. The molecule has 30 heavy (non-hydrogen) atoms. The van der Waals surface area contributed by atoms with Gasteiger partial charge in [-0.15, -0.1) is 0 Å². The average Bonchev–Trinajstić information content (AvgIpc) is 3.03. The van der Waals surface area contributed by atoms with Crippen molar-refractivity contribution in [3.8, 4) is 0 Å². The molecule has 2 unspecified atom stereocenters. The lowest BCUT2D eigenvalue weighted by atomic mass is 10.2. The smallest absolute Gasteiger partial charge is 0.281 e. The minimum absolute atomic E-state index is 0.341. The summed E-state index contributed by atoms with van der Waals surface area (Å²) in [4.78, 5) is 24.3. The molecule has 0 fully saturated rings. The Morgan fingerprint density at radius 1 is 1.13 bits per heavy atom. The van der Waals surface area contributed by atoms with Crippen molar-refractivity contribution in [1.82, 2.24) is 9.73 Å². The van der Waals surface area contributed by atoms with Crippen molar-refractivity contribution >= 4 is 45.8 Å². The van der Waals surface area contributed by atoms with Crippen LogP contribution in [0.5, 0.6) is 0 Å². The third-order valence-electron chi connectivity index (χ3n) is 3.75. The molecule has 2 aromatic carbocycles. The first kappa shape index (κ1) is 25.4. The minimum Gasteiger partial charge on any atom is -0.399 e. The topological polar surface area (TPSA) is 131 Å². The Morgan fingerprint density at radius 2 is 1.67 bits per heavy atom. The molecular weight excluding hydrogens is 426 g/mol. The number of hydrogen-bond acceptors (Lipinski definition) is 6. The summed E-state index contributed by atoms with van der Waals surface area (Å²) >= 11 is 5.71. The molecule has 0 aromatic heterocycles. The van der Waals surface area contributed by atoms with Crippen LogP contribution >= 0.6 is 11.6 Å². The summed E-state index contributed by atoms with van der Waals surface area (Å²) in [7, 11) is 0.541. The number of benzene rings is 2. The van der Waals surface area contributed by atoms with E-state index in [9.17, 15) is 13.8 Å². The van der Waals surface area contributed by atoms with E-state index in [-0.39, 0.29) is 0 Å². The molecule has 1 aliphatic heterocycles. The van der Waals surface area contributed by atoms with Crippen LogP contribution in [-0.2, 0) is 15.8 Å². The van der Waals surface area contributed by atoms with Gasteiger partial charge in [0.05, 0.1) is 10.6 Å². The Labute approximate surface area is 183 Å². The molecule has 0 saturated carbocycles. The molecule has 0 bridgehead atoms. The Balaban J connectivity index is 0.000000300. The molecule has 0 saturated heterocycles. The second-order valence-electron chi connectivity index (χ2n) is 5.72. The van der Waals surface area contributed by atoms with Gasteiger partial charge in [0.15, 0.2) is 0 Å². The number of nitrogens with one attached hydrogen (secondary N) is 1. The zero-order chi connectivity index (χ0) is 22.8. The van der Waals surface area contributed by atoms with Gasteiger partial charge >= 0.3 is 0 Å². The molecule has 2 aromatic rings. The van der Waals surface area contributed by atoms with Gasteiger partial charge in [0, 0.05) is 16.3 Å². The summed E-state index contributed by atoms with van der Waals surface area (Å²) in [5.41, 5.74) is 12.5. The molecule has 1 aliphatic rings. The second-order valence-corrected chi connectivity index (χ2v) is 7.58. The SMILES string of the molecule is CC.CC1=NN(C(=O)c2ccc(Cl)cc2)C(=O)C1N.CNS(=O)c1ccc(N)cc1. The van der Waals surface area contributed by atoms with Crippen molar-refractivity contribution in [2.75, 3.05) is 12.8 Å². The number of halogens is 1. The fraction of sp³-hybridized carbons (Fsp3) is 0.250. The number of nitrogens with two attached hydrogens (primary N) is 2. The van der Waals surface area contributed by atoms with Gasteiger partial charge in [-0.25, -0.2) is 8.93 Å². The molecule has 3 rings (SSSR count). The van der Waals surface area contributed by atoms with Gasteiger partial charge in [0.25, 0.3) is 11.8 Å². The second kappa shape index (κ2) is 12.2. The minimum atomic E-state index is -1.10. The molecule has 0 spiro atoms. The monoisotopic (exact) mass is 451 g/mol. The first-order valence-corrected chi connectivity index (χ1v) is 10.7. The fourth-order valence-electron chi connectivity index (χ4n) is 2.15. The lowest BCUT2D eigenvalue weighted by molar-refractivity contribution is -0.127. The van der Waals surface area contributed by atoms with Crippen LogP contribution in [0.3, 0.4) is 0 Å². The van der Waals surface area contributed by atoms with Crippen LogP contribution < -0.4 is 16.2 Å². The van der Waals surface area contributed by atoms with Crippen LogP contribution in [-0.4, -0.2) is 39.8 Å². The molecule has 10 heteroatoms. The molecule has 162 valence electrons. The van der Waals surface area contributed by atoms with Crippen LogP contribution in [0.4, 0.5) is 5.69 Å². The van der Waals surface area contributed by atoms with E-state index in [2.05, 4.69) is 9.82 Å². The highest BCUT2D eigenvalue weighted by Crippen LogP contribution is 2.15. The van der Waals surface area contributed by atoms with E-state index in [1.165, 1.54) is 12.1 Å². The number of carbonyl (C=O) groups excluding carboxylic acids is 2. The molecule has 8 nitrogen and oxygen atoms in total. The first-order chi connectivity index (χ1) is 14.2. The predicted octanol–water partition coefficient (Wildman–Crippen LogP) is 2.56. The lowest BCUT2D eigenvalue weighted by Gasteiger charge is -2.10. The lowest BCUT2D eigenvalue weighted by Crippen LogP contribution is -2.40. The number of hydrogen-bond donors (Lipinski definition) is 3. The summed E-state index contributed by atoms with van der Waals surface area (Å²) in [5, 5.41) is 5.16. The van der Waals surface area contributed by atoms with Crippen LogP contribution in [0.2, 0.25) is 5.02 Å². The van der Waals surface area contributed by atoms with Crippen LogP contribution in [0.15, 0.2) is 58.5 Å². The molecule has 1 heterocycles. The Hall–Kier alpha value is -2.59. The summed E-state index contributed by atoms with van der Waals surface area (Å²) in [6, 6.07) is 12.3. The highest BCUT2D eigenvalue weighted by Gasteiger charge is 2.34. The van der Waals surface area contributed by atoms with E-state index < -0.39 is 28.8 Å². The van der Waals surface area contributed by atoms with Crippen LogP contribution in [0, 0.1) is 0 Å². The van der Waals surface area contributed by atoms with E-state index in [1.54, 1.807) is 50.4 Å².